The van der Waals surface area contributed by atoms with E-state index < -0.39 is 5.97 Å². The van der Waals surface area contributed by atoms with E-state index in [1.807, 2.05) is 66.7 Å². The molecule has 0 bridgehead atoms. The molecule has 5 heteroatoms. The number of fused-ring (bicyclic) bond motifs is 2. The Balaban J connectivity index is 1.93. The number of rotatable bonds is 7. The van der Waals surface area contributed by atoms with Gasteiger partial charge in [-0.3, -0.25) is 4.79 Å². The average molecular weight is 388 g/mol. The minimum Gasteiger partial charge on any atom is -0.493 e. The average Bonchev–Trinajstić information content (AvgIpc) is 2.75. The summed E-state index contributed by atoms with van der Waals surface area (Å²) in [4.78, 5) is 15.5. The van der Waals surface area contributed by atoms with Gasteiger partial charge in [0.15, 0.2) is 5.75 Å². The number of hydrogen-bond acceptors (Lipinski definition) is 4. The molecule has 0 unspecified atom stereocenters. The second kappa shape index (κ2) is 8.20. The maximum absolute atomic E-state index is 10.8. The Hall–Kier alpha value is -3.57. The highest BCUT2D eigenvalue weighted by molar-refractivity contribution is 6.09. The maximum atomic E-state index is 10.8. The summed E-state index contributed by atoms with van der Waals surface area (Å²) in [6.07, 6.45) is 0.447. The molecule has 0 aliphatic heterocycles. The van der Waals surface area contributed by atoms with E-state index in [1.165, 1.54) is 0 Å². The van der Waals surface area contributed by atoms with Crippen molar-refractivity contribution in [1.82, 2.24) is 0 Å². The van der Waals surface area contributed by atoms with E-state index in [9.17, 15) is 10.1 Å². The summed E-state index contributed by atoms with van der Waals surface area (Å²) in [5, 5.41) is 22.4. The molecule has 0 aromatic heterocycles. The van der Waals surface area contributed by atoms with Gasteiger partial charge in [-0.15, -0.1) is 0 Å². The summed E-state index contributed by atoms with van der Waals surface area (Å²) in [5.74, 6) is 0.0940. The Bertz CT molecular complexity index is 1180. The lowest BCUT2D eigenvalue weighted by Crippen LogP contribution is -2.03. The predicted molar refractivity (Wildman–Crippen MR) is 113 cm³/mol. The first-order valence-corrected chi connectivity index (χ1v) is 9.39. The van der Waals surface area contributed by atoms with Crippen LogP contribution in [0.3, 0.4) is 0 Å². The topological polar surface area (TPSA) is 76.0 Å². The second-order valence-electron chi connectivity index (χ2n) is 6.76. The third-order valence-electron chi connectivity index (χ3n) is 4.92. The highest BCUT2D eigenvalue weighted by Crippen LogP contribution is 2.45. The quantitative estimate of drug-likeness (QED) is 0.239. The molecular weight excluding hydrogens is 368 g/mol. The van der Waals surface area contributed by atoms with E-state index in [-0.39, 0.29) is 13.0 Å². The number of aliphatic carboxylic acids is 1. The molecule has 2 N–H and O–H groups in total. The van der Waals surface area contributed by atoms with Gasteiger partial charge in [-0.05, 0) is 40.1 Å². The third-order valence-corrected chi connectivity index (χ3v) is 4.92. The molecule has 29 heavy (non-hydrogen) atoms. The van der Waals surface area contributed by atoms with Crippen LogP contribution in [0.5, 0.6) is 11.5 Å². The Morgan fingerprint density at radius 2 is 1.31 bits per heavy atom. The number of carboxylic acids is 1. The minimum atomic E-state index is -0.850. The Labute approximate surface area is 167 Å². The zero-order valence-corrected chi connectivity index (χ0v) is 15.7. The minimum absolute atomic E-state index is 0.0438. The lowest BCUT2D eigenvalue weighted by Gasteiger charge is -2.18. The van der Waals surface area contributed by atoms with Crippen molar-refractivity contribution >= 4 is 27.5 Å². The van der Waals surface area contributed by atoms with Crippen molar-refractivity contribution in [2.75, 3.05) is 6.61 Å². The number of carboxylic acid groups (broad SMARTS) is 1. The lowest BCUT2D eigenvalue weighted by molar-refractivity contribution is -0.137. The van der Waals surface area contributed by atoms with Gasteiger partial charge in [0.05, 0.1) is 6.61 Å². The van der Waals surface area contributed by atoms with Gasteiger partial charge in [0.25, 0.3) is 0 Å². The largest absolute Gasteiger partial charge is 0.493 e. The number of benzene rings is 4. The molecule has 4 rings (SSSR count). The van der Waals surface area contributed by atoms with E-state index in [1.54, 1.807) is 6.07 Å². The van der Waals surface area contributed by atoms with Gasteiger partial charge < -0.3 is 14.7 Å². The normalized spacial score (nSPS) is 10.9. The zero-order chi connectivity index (χ0) is 20.2. The van der Waals surface area contributed by atoms with Crippen LogP contribution in [0.4, 0.5) is 0 Å². The number of hydrogen-bond donors (Lipinski definition) is 2. The number of carbonyl (C=O) groups is 1. The van der Waals surface area contributed by atoms with Gasteiger partial charge in [-0.2, -0.15) is 0 Å². The van der Waals surface area contributed by atoms with Crippen LogP contribution in [0.2, 0.25) is 0 Å². The van der Waals surface area contributed by atoms with Crippen molar-refractivity contribution in [2.24, 2.45) is 0 Å². The first-order chi connectivity index (χ1) is 14.2. The van der Waals surface area contributed by atoms with Crippen molar-refractivity contribution < 1.29 is 24.8 Å². The van der Waals surface area contributed by atoms with Gasteiger partial charge in [0, 0.05) is 17.5 Å². The van der Waals surface area contributed by atoms with Gasteiger partial charge in [0.1, 0.15) is 5.75 Å². The highest BCUT2D eigenvalue weighted by Gasteiger charge is 2.19. The fourth-order valence-corrected chi connectivity index (χ4v) is 3.62. The first kappa shape index (κ1) is 18.8. The summed E-state index contributed by atoms with van der Waals surface area (Å²) in [6, 6.07) is 23.3. The molecule has 0 spiro atoms. The summed E-state index contributed by atoms with van der Waals surface area (Å²) in [6.45, 7) is 0.276. The van der Waals surface area contributed by atoms with E-state index in [4.69, 9.17) is 14.7 Å². The molecule has 0 saturated carbocycles. The molecule has 4 aromatic rings. The van der Waals surface area contributed by atoms with Crippen molar-refractivity contribution in [2.45, 2.75) is 12.8 Å². The van der Waals surface area contributed by atoms with Crippen LogP contribution in [0, 0.1) is 0 Å². The molecule has 4 aromatic carbocycles. The van der Waals surface area contributed by atoms with Crippen LogP contribution >= 0.6 is 0 Å². The van der Waals surface area contributed by atoms with E-state index >= 15 is 0 Å². The van der Waals surface area contributed by atoms with E-state index in [0.29, 0.717) is 17.9 Å². The molecule has 0 atom stereocenters. The van der Waals surface area contributed by atoms with Crippen molar-refractivity contribution in [3.63, 3.8) is 0 Å². The van der Waals surface area contributed by atoms with Gasteiger partial charge in [0.2, 0.25) is 0 Å². The van der Waals surface area contributed by atoms with Gasteiger partial charge in [-0.25, -0.2) is 5.26 Å². The first-order valence-electron chi connectivity index (χ1n) is 9.39. The zero-order valence-electron chi connectivity index (χ0n) is 15.7. The predicted octanol–water partition coefficient (Wildman–Crippen LogP) is 5.76. The highest BCUT2D eigenvalue weighted by atomic mass is 17.1. The maximum Gasteiger partial charge on any atom is 0.303 e. The van der Waals surface area contributed by atoms with E-state index in [0.717, 1.165) is 32.7 Å². The SMILES string of the molecule is O=C(O)CCCOc1ccc2ccccc2c1-c1c(OO)ccc2ccccc12. The third kappa shape index (κ3) is 3.73. The summed E-state index contributed by atoms with van der Waals surface area (Å²) in [5.41, 5.74) is 1.54. The summed E-state index contributed by atoms with van der Waals surface area (Å²) >= 11 is 0. The Kier molecular flexibility index (Phi) is 5.31. The molecule has 0 amide bonds. The monoisotopic (exact) mass is 388 g/mol. The molecule has 0 aliphatic carbocycles. The van der Waals surface area contributed by atoms with Gasteiger partial charge in [-0.1, -0.05) is 60.7 Å². The molecule has 0 saturated heterocycles. The van der Waals surface area contributed by atoms with Gasteiger partial charge >= 0.3 is 5.97 Å². The van der Waals surface area contributed by atoms with Crippen molar-refractivity contribution in [3.05, 3.63) is 72.8 Å². The van der Waals surface area contributed by atoms with Crippen LogP contribution in [0.15, 0.2) is 72.8 Å². The molecule has 146 valence electrons. The van der Waals surface area contributed by atoms with Crippen molar-refractivity contribution in [1.29, 1.82) is 0 Å². The van der Waals surface area contributed by atoms with E-state index in [2.05, 4.69) is 0 Å². The molecular formula is C24H20O5. The van der Waals surface area contributed by atoms with Crippen molar-refractivity contribution in [3.8, 4) is 22.6 Å². The van der Waals surface area contributed by atoms with Crippen LogP contribution in [0.1, 0.15) is 12.8 Å². The Morgan fingerprint density at radius 1 is 0.759 bits per heavy atom. The molecule has 0 fully saturated rings. The molecule has 5 nitrogen and oxygen atoms in total. The van der Waals surface area contributed by atoms with Crippen LogP contribution in [-0.4, -0.2) is 22.9 Å². The fourth-order valence-electron chi connectivity index (χ4n) is 3.62. The molecule has 0 aliphatic rings. The van der Waals surface area contributed by atoms with Crippen LogP contribution in [-0.2, 0) is 4.79 Å². The summed E-state index contributed by atoms with van der Waals surface area (Å²) < 4.78 is 6.00. The smallest absolute Gasteiger partial charge is 0.303 e. The second-order valence-corrected chi connectivity index (χ2v) is 6.76. The van der Waals surface area contributed by atoms with Crippen LogP contribution in [0.25, 0.3) is 32.7 Å². The molecule has 0 radical (unpaired) electrons. The standard InChI is InChI=1S/C24H20O5/c25-22(26)10-5-15-28-20-13-11-16-6-1-3-8-18(16)23(20)24-19-9-4-2-7-17(19)12-14-21(24)29-27/h1-4,6-9,11-14,27H,5,10,15H2,(H,25,26). The Morgan fingerprint density at radius 3 is 1.90 bits per heavy atom. The molecule has 0 heterocycles. The lowest BCUT2D eigenvalue weighted by atomic mass is 9.92. The fraction of sp³-hybridized carbons (Fsp3) is 0.125. The van der Waals surface area contributed by atoms with Crippen LogP contribution < -0.4 is 9.62 Å². The summed E-state index contributed by atoms with van der Waals surface area (Å²) in [7, 11) is 0. The number of ether oxygens (including phenoxy) is 1.